The minimum atomic E-state index is -0.308. The zero-order valence-electron chi connectivity index (χ0n) is 12.2. The molecule has 116 valence electrons. The molecule has 0 radical (unpaired) electrons. The Morgan fingerprint density at radius 2 is 2.05 bits per heavy atom. The molecule has 2 rings (SSSR count). The molecular formula is C16H18ClN3O2. The summed E-state index contributed by atoms with van der Waals surface area (Å²) in [4.78, 5) is 17.9. The fourth-order valence-electron chi connectivity index (χ4n) is 2.21. The number of nitrogens with one attached hydrogen (secondary N) is 1. The van der Waals surface area contributed by atoms with Gasteiger partial charge in [0.25, 0.3) is 0 Å². The molecule has 0 saturated carbocycles. The van der Waals surface area contributed by atoms with Gasteiger partial charge < -0.3 is 15.3 Å². The van der Waals surface area contributed by atoms with Crippen LogP contribution in [0.2, 0.25) is 5.15 Å². The van der Waals surface area contributed by atoms with Gasteiger partial charge in [0.05, 0.1) is 11.7 Å². The third kappa shape index (κ3) is 3.96. The summed E-state index contributed by atoms with van der Waals surface area (Å²) in [5, 5.41) is 12.2. The average Bonchev–Trinajstić information content (AvgIpc) is 2.55. The van der Waals surface area contributed by atoms with Crippen molar-refractivity contribution in [3.63, 3.8) is 0 Å². The Morgan fingerprint density at radius 3 is 2.68 bits per heavy atom. The highest BCUT2D eigenvalue weighted by Crippen LogP contribution is 2.24. The summed E-state index contributed by atoms with van der Waals surface area (Å²) in [7, 11) is 1.69. The molecule has 1 aromatic carbocycles. The Labute approximate surface area is 134 Å². The molecule has 1 heterocycles. The number of halogens is 1. The number of aliphatic hydroxyl groups excluding tert-OH is 1. The molecule has 0 aliphatic carbocycles. The molecular weight excluding hydrogens is 302 g/mol. The first-order valence-electron chi connectivity index (χ1n) is 6.93. The summed E-state index contributed by atoms with van der Waals surface area (Å²) in [5.41, 5.74) is 1.42. The average molecular weight is 320 g/mol. The monoisotopic (exact) mass is 319 g/mol. The smallest absolute Gasteiger partial charge is 0.322 e. The van der Waals surface area contributed by atoms with Crippen LogP contribution in [-0.2, 0) is 0 Å². The predicted octanol–water partition coefficient (Wildman–Crippen LogP) is 3.32. The highest BCUT2D eigenvalue weighted by molar-refractivity contribution is 6.32. The molecule has 1 atom stereocenters. The molecule has 2 aromatic rings. The molecule has 2 N–H and O–H groups in total. The second-order valence-electron chi connectivity index (χ2n) is 4.82. The van der Waals surface area contributed by atoms with Crippen LogP contribution >= 0.6 is 11.6 Å². The van der Waals surface area contributed by atoms with Crippen LogP contribution in [0.4, 0.5) is 10.5 Å². The number of hydrogen-bond acceptors (Lipinski definition) is 3. The molecule has 1 aromatic heterocycles. The number of aliphatic hydroxyl groups is 1. The van der Waals surface area contributed by atoms with E-state index in [1.807, 2.05) is 30.3 Å². The maximum absolute atomic E-state index is 12.4. The van der Waals surface area contributed by atoms with Crippen molar-refractivity contribution in [2.75, 3.05) is 19.0 Å². The van der Waals surface area contributed by atoms with E-state index in [1.165, 1.54) is 0 Å². The number of carbonyl (C=O) groups excluding carboxylic acids is 1. The van der Waals surface area contributed by atoms with Gasteiger partial charge in [-0.3, -0.25) is 0 Å². The predicted molar refractivity (Wildman–Crippen MR) is 86.9 cm³/mol. The van der Waals surface area contributed by atoms with Gasteiger partial charge in [-0.25, -0.2) is 9.78 Å². The summed E-state index contributed by atoms with van der Waals surface area (Å²) in [5.74, 6) is 0. The van der Waals surface area contributed by atoms with Crippen LogP contribution in [-0.4, -0.2) is 34.7 Å². The van der Waals surface area contributed by atoms with Gasteiger partial charge in [-0.2, -0.15) is 0 Å². The van der Waals surface area contributed by atoms with Crippen LogP contribution in [0.3, 0.4) is 0 Å². The number of carbonyl (C=O) groups is 1. The summed E-state index contributed by atoms with van der Waals surface area (Å²) in [6.45, 7) is -0.00910. The molecule has 0 unspecified atom stereocenters. The maximum atomic E-state index is 12.4. The number of nitrogens with zero attached hydrogens (tertiary/aromatic N) is 2. The van der Waals surface area contributed by atoms with Crippen molar-refractivity contribution in [1.82, 2.24) is 9.88 Å². The van der Waals surface area contributed by atoms with Crippen molar-refractivity contribution in [3.8, 4) is 0 Å². The number of rotatable bonds is 5. The van der Waals surface area contributed by atoms with E-state index in [0.29, 0.717) is 12.1 Å². The molecule has 6 heteroatoms. The van der Waals surface area contributed by atoms with Gasteiger partial charge in [-0.1, -0.05) is 41.9 Å². The van der Waals surface area contributed by atoms with Crippen molar-refractivity contribution in [2.45, 2.75) is 12.5 Å². The van der Waals surface area contributed by atoms with Crippen molar-refractivity contribution in [1.29, 1.82) is 0 Å². The number of aromatic nitrogens is 1. The van der Waals surface area contributed by atoms with Crippen molar-refractivity contribution < 1.29 is 9.90 Å². The third-order valence-corrected chi connectivity index (χ3v) is 3.68. The fraction of sp³-hybridized carbons (Fsp3) is 0.250. The molecule has 5 nitrogen and oxygen atoms in total. The second kappa shape index (κ2) is 7.77. The van der Waals surface area contributed by atoms with Crippen molar-refractivity contribution >= 4 is 23.3 Å². The summed E-state index contributed by atoms with van der Waals surface area (Å²) in [6.07, 6.45) is 2.01. The first kappa shape index (κ1) is 16.3. The lowest BCUT2D eigenvalue weighted by Crippen LogP contribution is -2.35. The van der Waals surface area contributed by atoms with E-state index in [9.17, 15) is 9.90 Å². The molecule has 0 spiro atoms. The van der Waals surface area contributed by atoms with E-state index < -0.39 is 0 Å². The maximum Gasteiger partial charge on any atom is 0.322 e. The van der Waals surface area contributed by atoms with E-state index in [1.54, 1.807) is 30.3 Å². The number of urea groups is 1. The Kier molecular flexibility index (Phi) is 5.75. The van der Waals surface area contributed by atoms with Gasteiger partial charge >= 0.3 is 6.03 Å². The van der Waals surface area contributed by atoms with Gasteiger partial charge in [0.15, 0.2) is 5.15 Å². The highest BCUT2D eigenvalue weighted by atomic mass is 35.5. The minimum Gasteiger partial charge on any atom is -0.396 e. The molecule has 0 aliphatic heterocycles. The molecule has 0 saturated heterocycles. The molecule has 0 aliphatic rings. The zero-order valence-corrected chi connectivity index (χ0v) is 13.0. The topological polar surface area (TPSA) is 65.5 Å². The number of amides is 2. The minimum absolute atomic E-state index is 0.00910. The van der Waals surface area contributed by atoms with Crippen LogP contribution in [0.1, 0.15) is 18.0 Å². The van der Waals surface area contributed by atoms with E-state index in [-0.39, 0.29) is 23.8 Å². The lowest BCUT2D eigenvalue weighted by atomic mass is 10.0. The van der Waals surface area contributed by atoms with Crippen molar-refractivity contribution in [3.05, 3.63) is 59.4 Å². The van der Waals surface area contributed by atoms with Gasteiger partial charge in [-0.15, -0.1) is 0 Å². The van der Waals surface area contributed by atoms with Gasteiger partial charge in [-0.05, 0) is 24.1 Å². The van der Waals surface area contributed by atoms with Crippen LogP contribution < -0.4 is 5.32 Å². The number of benzene rings is 1. The first-order chi connectivity index (χ1) is 10.6. The van der Waals surface area contributed by atoms with Gasteiger partial charge in [0, 0.05) is 19.9 Å². The second-order valence-corrected chi connectivity index (χ2v) is 5.18. The molecule has 2 amide bonds. The summed E-state index contributed by atoms with van der Waals surface area (Å²) in [6, 6.07) is 12.4. The van der Waals surface area contributed by atoms with E-state index in [2.05, 4.69) is 10.3 Å². The van der Waals surface area contributed by atoms with Crippen LogP contribution in [0.5, 0.6) is 0 Å². The highest BCUT2D eigenvalue weighted by Gasteiger charge is 2.21. The third-order valence-electron chi connectivity index (χ3n) is 3.38. The van der Waals surface area contributed by atoms with E-state index in [0.717, 1.165) is 5.56 Å². The lowest BCUT2D eigenvalue weighted by Gasteiger charge is -2.28. The van der Waals surface area contributed by atoms with Gasteiger partial charge in [0.1, 0.15) is 0 Å². The molecule has 0 bridgehead atoms. The normalized spacial score (nSPS) is 11.8. The number of pyridine rings is 1. The fourth-order valence-corrected chi connectivity index (χ4v) is 2.37. The van der Waals surface area contributed by atoms with E-state index in [4.69, 9.17) is 11.6 Å². The summed E-state index contributed by atoms with van der Waals surface area (Å²) >= 11 is 5.95. The Balaban J connectivity index is 2.15. The standard InChI is InChI=1S/C16H18ClN3O2/c1-20(14(9-11-21)12-6-3-2-4-7-12)16(22)19-13-8-5-10-18-15(13)17/h2-8,10,14,21H,9,11H2,1H3,(H,19,22)/t14-/m1/s1. The zero-order chi connectivity index (χ0) is 15.9. The van der Waals surface area contributed by atoms with E-state index >= 15 is 0 Å². The first-order valence-corrected chi connectivity index (χ1v) is 7.31. The van der Waals surface area contributed by atoms with Crippen LogP contribution in [0, 0.1) is 0 Å². The summed E-state index contributed by atoms with van der Waals surface area (Å²) < 4.78 is 0. The number of hydrogen-bond donors (Lipinski definition) is 2. The molecule has 22 heavy (non-hydrogen) atoms. The van der Waals surface area contributed by atoms with Crippen molar-refractivity contribution in [2.24, 2.45) is 0 Å². The Morgan fingerprint density at radius 1 is 1.32 bits per heavy atom. The molecule has 0 fully saturated rings. The van der Waals surface area contributed by atoms with Crippen LogP contribution in [0.25, 0.3) is 0 Å². The van der Waals surface area contributed by atoms with Crippen LogP contribution in [0.15, 0.2) is 48.7 Å². The number of anilines is 1. The largest absolute Gasteiger partial charge is 0.396 e. The Hall–Kier alpha value is -2.11. The SMILES string of the molecule is CN(C(=O)Nc1cccnc1Cl)[C@H](CCO)c1ccccc1. The quantitative estimate of drug-likeness (QED) is 0.831. The lowest BCUT2D eigenvalue weighted by molar-refractivity contribution is 0.184. The van der Waals surface area contributed by atoms with Gasteiger partial charge in [0.2, 0.25) is 0 Å². The Bertz CT molecular complexity index is 622.